The molecule has 2 heterocycles. The van der Waals surface area contributed by atoms with Gasteiger partial charge in [-0.25, -0.2) is 4.98 Å². The lowest BCUT2D eigenvalue weighted by Crippen LogP contribution is -2.23. The molecule has 0 aliphatic rings. The summed E-state index contributed by atoms with van der Waals surface area (Å²) in [4.78, 5) is 31.3. The summed E-state index contributed by atoms with van der Waals surface area (Å²) in [6.45, 7) is 3.91. The van der Waals surface area contributed by atoms with Gasteiger partial charge in [0.1, 0.15) is 4.83 Å². The highest BCUT2D eigenvalue weighted by Crippen LogP contribution is 2.32. The summed E-state index contributed by atoms with van der Waals surface area (Å²) in [6.07, 6.45) is -2.89. The number of carbonyl (C=O) groups excluding carboxylic acids is 1. The number of nitrogens with zero attached hydrogens (tertiary/aromatic N) is 2. The van der Waals surface area contributed by atoms with Crippen molar-refractivity contribution in [1.29, 1.82) is 0 Å². The highest BCUT2D eigenvalue weighted by atomic mass is 32.2. The van der Waals surface area contributed by atoms with Crippen molar-refractivity contribution in [1.82, 2.24) is 9.55 Å². The molecule has 0 aliphatic carbocycles. The summed E-state index contributed by atoms with van der Waals surface area (Å²) in [7, 11) is 0. The number of fused-ring (bicyclic) bond motifs is 1. The number of thiophene rings is 1. The Kier molecular flexibility index (Phi) is 6.33. The Hall–Kier alpha value is -2.33. The zero-order valence-electron chi connectivity index (χ0n) is 15.7. The average molecular weight is 442 g/mol. The Morgan fingerprint density at radius 3 is 2.72 bits per heavy atom. The predicted molar refractivity (Wildman–Crippen MR) is 110 cm³/mol. The van der Waals surface area contributed by atoms with Gasteiger partial charge in [-0.15, -0.1) is 23.1 Å². The highest BCUT2D eigenvalue weighted by molar-refractivity contribution is 7.99. The van der Waals surface area contributed by atoms with Crippen LogP contribution in [0.3, 0.4) is 0 Å². The molecule has 29 heavy (non-hydrogen) atoms. The van der Waals surface area contributed by atoms with Gasteiger partial charge in [0, 0.05) is 22.7 Å². The second-order valence-corrected chi connectivity index (χ2v) is 8.63. The van der Waals surface area contributed by atoms with Crippen molar-refractivity contribution in [3.63, 3.8) is 0 Å². The number of carbonyl (C=O) groups is 1. The first-order valence-corrected chi connectivity index (χ1v) is 10.5. The van der Waals surface area contributed by atoms with Crippen molar-refractivity contribution in [3.8, 4) is 0 Å². The number of aromatic nitrogens is 2. The van der Waals surface area contributed by atoms with Crippen LogP contribution in [-0.4, -0.2) is 27.4 Å². The number of anilines is 1. The third kappa shape index (κ3) is 5.18. The number of alkyl halides is 3. The Balaban J connectivity index is 1.68. The maximum absolute atomic E-state index is 12.7. The first kappa shape index (κ1) is 21.4. The van der Waals surface area contributed by atoms with Gasteiger partial charge in [0.05, 0.1) is 23.2 Å². The standard InChI is InChI=1S/C19H18F3N3O2S2/c1-11-12(2)29-17-16(11)18(27)25(10-23-17)8-7-15(26)24-13-5-3-4-6-14(13)28-9-19(20,21)22/h3-6,10H,7-9H2,1-2H3,(H,24,26). The third-order valence-electron chi connectivity index (χ3n) is 4.29. The minimum absolute atomic E-state index is 0.00642. The zero-order valence-corrected chi connectivity index (χ0v) is 17.3. The van der Waals surface area contributed by atoms with Crippen molar-refractivity contribution in [2.24, 2.45) is 0 Å². The highest BCUT2D eigenvalue weighted by Gasteiger charge is 2.27. The molecule has 0 radical (unpaired) electrons. The van der Waals surface area contributed by atoms with E-state index in [9.17, 15) is 22.8 Å². The molecule has 0 saturated carbocycles. The largest absolute Gasteiger partial charge is 0.398 e. The predicted octanol–water partition coefficient (Wildman–Crippen LogP) is 4.76. The number of nitrogens with one attached hydrogen (secondary N) is 1. The topological polar surface area (TPSA) is 64.0 Å². The molecule has 0 unspecified atom stereocenters. The molecule has 0 bridgehead atoms. The molecule has 2 aromatic heterocycles. The lowest BCUT2D eigenvalue weighted by molar-refractivity contribution is -0.116. The van der Waals surface area contributed by atoms with E-state index in [1.807, 2.05) is 13.8 Å². The summed E-state index contributed by atoms with van der Waals surface area (Å²) in [5.41, 5.74) is 1.000. The molecule has 0 saturated heterocycles. The first-order chi connectivity index (χ1) is 13.7. The fourth-order valence-corrected chi connectivity index (χ4v) is 4.48. The molecule has 1 aromatic carbocycles. The molecule has 10 heteroatoms. The second-order valence-electron chi connectivity index (χ2n) is 6.40. The molecule has 3 rings (SSSR count). The van der Waals surface area contributed by atoms with E-state index in [1.165, 1.54) is 28.3 Å². The summed E-state index contributed by atoms with van der Waals surface area (Å²) in [6, 6.07) is 6.32. The van der Waals surface area contributed by atoms with Crippen molar-refractivity contribution >= 4 is 44.9 Å². The lowest BCUT2D eigenvalue weighted by atomic mass is 10.2. The van der Waals surface area contributed by atoms with Gasteiger partial charge in [-0.1, -0.05) is 12.1 Å². The minimum atomic E-state index is -4.30. The van der Waals surface area contributed by atoms with Gasteiger partial charge in [0.15, 0.2) is 0 Å². The van der Waals surface area contributed by atoms with E-state index in [-0.39, 0.29) is 18.5 Å². The minimum Gasteiger partial charge on any atom is -0.325 e. The molecule has 3 aromatic rings. The maximum atomic E-state index is 12.7. The van der Waals surface area contributed by atoms with Gasteiger partial charge in [0.2, 0.25) is 5.91 Å². The number of amides is 1. The van der Waals surface area contributed by atoms with E-state index in [0.29, 0.717) is 32.6 Å². The molecular weight excluding hydrogens is 423 g/mol. The Bertz CT molecular complexity index is 1110. The summed E-state index contributed by atoms with van der Waals surface area (Å²) < 4.78 is 38.8. The Morgan fingerprint density at radius 1 is 1.28 bits per heavy atom. The molecule has 0 spiro atoms. The number of rotatable bonds is 6. The van der Waals surface area contributed by atoms with Crippen molar-refractivity contribution in [2.75, 3.05) is 11.1 Å². The van der Waals surface area contributed by atoms with Crippen molar-refractivity contribution in [2.45, 2.75) is 37.9 Å². The molecule has 0 fully saturated rings. The summed E-state index contributed by atoms with van der Waals surface area (Å²) in [5.74, 6) is -1.43. The van der Waals surface area contributed by atoms with Crippen LogP contribution in [0.15, 0.2) is 40.3 Å². The van der Waals surface area contributed by atoms with Gasteiger partial charge in [-0.2, -0.15) is 13.2 Å². The van der Waals surface area contributed by atoms with Crippen molar-refractivity contribution in [3.05, 3.63) is 51.4 Å². The molecule has 1 amide bonds. The molecule has 0 atom stereocenters. The number of hydrogen-bond acceptors (Lipinski definition) is 5. The van der Waals surface area contributed by atoms with Crippen LogP contribution in [0.4, 0.5) is 18.9 Å². The molecule has 0 aliphatic heterocycles. The number of benzene rings is 1. The van der Waals surface area contributed by atoms with E-state index in [0.717, 1.165) is 10.4 Å². The van der Waals surface area contributed by atoms with Gasteiger partial charge >= 0.3 is 6.18 Å². The van der Waals surface area contributed by atoms with Crippen molar-refractivity contribution < 1.29 is 18.0 Å². The fraction of sp³-hybridized carbons (Fsp3) is 0.316. The van der Waals surface area contributed by atoms with Crippen LogP contribution in [0.2, 0.25) is 0 Å². The quantitative estimate of drug-likeness (QED) is 0.561. The van der Waals surface area contributed by atoms with Crippen LogP contribution < -0.4 is 10.9 Å². The number of para-hydroxylation sites is 1. The van der Waals surface area contributed by atoms with Gasteiger partial charge in [-0.3, -0.25) is 14.2 Å². The number of thioether (sulfide) groups is 1. The normalized spacial score (nSPS) is 11.8. The van der Waals surface area contributed by atoms with Gasteiger partial charge in [0.25, 0.3) is 5.56 Å². The summed E-state index contributed by atoms with van der Waals surface area (Å²) in [5, 5.41) is 3.19. The second kappa shape index (κ2) is 8.58. The maximum Gasteiger partial charge on any atom is 0.398 e. The van der Waals surface area contributed by atoms with Crippen LogP contribution in [0, 0.1) is 13.8 Å². The smallest absolute Gasteiger partial charge is 0.325 e. The average Bonchev–Trinajstić information content (AvgIpc) is 2.94. The van der Waals surface area contributed by atoms with E-state index >= 15 is 0 Å². The van der Waals surface area contributed by atoms with E-state index < -0.39 is 17.8 Å². The van der Waals surface area contributed by atoms with Gasteiger partial charge < -0.3 is 5.32 Å². The number of aryl methyl sites for hydroxylation is 3. The van der Waals surface area contributed by atoms with E-state index in [1.54, 1.807) is 18.2 Å². The van der Waals surface area contributed by atoms with Crippen LogP contribution in [0.5, 0.6) is 0 Å². The SMILES string of the molecule is Cc1sc2ncn(CCC(=O)Nc3ccccc3SCC(F)(F)F)c(=O)c2c1C. The van der Waals surface area contributed by atoms with Crippen LogP contribution in [-0.2, 0) is 11.3 Å². The lowest BCUT2D eigenvalue weighted by Gasteiger charge is -2.12. The zero-order chi connectivity index (χ0) is 21.2. The molecular formula is C19H18F3N3O2S2. The first-order valence-electron chi connectivity index (χ1n) is 8.69. The Labute approximate surface area is 173 Å². The summed E-state index contributed by atoms with van der Waals surface area (Å²) >= 11 is 2.06. The third-order valence-corrected chi connectivity index (χ3v) is 6.54. The monoisotopic (exact) mass is 441 g/mol. The van der Waals surface area contributed by atoms with Crippen LogP contribution >= 0.6 is 23.1 Å². The molecule has 5 nitrogen and oxygen atoms in total. The Morgan fingerprint density at radius 2 is 2.00 bits per heavy atom. The molecule has 154 valence electrons. The van der Waals surface area contributed by atoms with Gasteiger partial charge in [-0.05, 0) is 31.5 Å². The molecule has 1 N–H and O–H groups in total. The number of hydrogen-bond donors (Lipinski definition) is 1. The van der Waals surface area contributed by atoms with E-state index in [4.69, 9.17) is 0 Å². The van der Waals surface area contributed by atoms with E-state index in [2.05, 4.69) is 10.3 Å². The van der Waals surface area contributed by atoms with Crippen LogP contribution in [0.25, 0.3) is 10.2 Å². The number of halogens is 3. The van der Waals surface area contributed by atoms with Crippen LogP contribution in [0.1, 0.15) is 16.9 Å². The fourth-order valence-electron chi connectivity index (χ4n) is 2.72.